The topological polar surface area (TPSA) is 53.9 Å². The Bertz CT molecular complexity index is 935. The van der Waals surface area contributed by atoms with Gasteiger partial charge in [-0.05, 0) is 68.9 Å². The van der Waals surface area contributed by atoms with Crippen LogP contribution in [0, 0.1) is 0 Å². The molecular weight excluding hydrogens is 386 g/mol. The molecule has 1 aliphatic carbocycles. The molecule has 0 fully saturated rings. The molecule has 0 bridgehead atoms. The molecule has 1 amide bonds. The Hall–Kier alpha value is -3.08. The van der Waals surface area contributed by atoms with E-state index in [2.05, 4.69) is 47.6 Å². The van der Waals surface area contributed by atoms with Crippen LogP contribution < -0.4 is 15.1 Å². The van der Waals surface area contributed by atoms with Crippen molar-refractivity contribution in [3.8, 4) is 5.75 Å². The highest BCUT2D eigenvalue weighted by atomic mass is 16.5. The molecule has 1 atom stereocenters. The first-order valence-electron chi connectivity index (χ1n) is 11.2. The normalized spacial score (nSPS) is 18.4. The van der Waals surface area contributed by atoms with E-state index in [1.807, 2.05) is 30.3 Å². The highest BCUT2D eigenvalue weighted by molar-refractivity contribution is 5.86. The molecule has 162 valence electrons. The number of carbonyl (C=O) groups is 1. The zero-order valence-corrected chi connectivity index (χ0v) is 18.2. The summed E-state index contributed by atoms with van der Waals surface area (Å²) >= 11 is 0. The fourth-order valence-electron chi connectivity index (χ4n) is 4.22. The summed E-state index contributed by atoms with van der Waals surface area (Å²) in [6.45, 7) is 2.79. The molecule has 2 aromatic rings. The van der Waals surface area contributed by atoms with E-state index < -0.39 is 0 Å². The number of hydrazone groups is 1. The maximum Gasteiger partial charge on any atom is 0.257 e. The van der Waals surface area contributed by atoms with E-state index in [9.17, 15) is 4.79 Å². The Kier molecular flexibility index (Phi) is 7.03. The molecule has 0 saturated carbocycles. The zero-order chi connectivity index (χ0) is 21.5. The smallest absolute Gasteiger partial charge is 0.257 e. The lowest BCUT2D eigenvalue weighted by Gasteiger charge is -2.24. The molecule has 1 unspecified atom stereocenters. The standard InChI is InChI=1S/C26H31N3O2/c1-20-18-25(29(28-20)23-10-6-3-7-11-23)22-12-14-24(15-13-22)31-19-26(30)27-17-16-21-8-4-2-5-9-21/h3,6-8,10-15,25H,2,4-5,9,16-19H2,1H3,(H,27,30). The molecule has 0 radical (unpaired) electrons. The van der Waals surface area contributed by atoms with Crippen LogP contribution in [0.2, 0.25) is 0 Å². The van der Waals surface area contributed by atoms with Crippen LogP contribution in [0.4, 0.5) is 5.69 Å². The first-order valence-corrected chi connectivity index (χ1v) is 11.2. The van der Waals surface area contributed by atoms with E-state index >= 15 is 0 Å². The highest BCUT2D eigenvalue weighted by Gasteiger charge is 2.27. The van der Waals surface area contributed by atoms with Crippen molar-refractivity contribution in [1.82, 2.24) is 5.32 Å². The van der Waals surface area contributed by atoms with E-state index in [4.69, 9.17) is 9.84 Å². The fourth-order valence-corrected chi connectivity index (χ4v) is 4.22. The largest absolute Gasteiger partial charge is 0.484 e. The number of nitrogens with one attached hydrogen (secondary N) is 1. The maximum absolute atomic E-state index is 12.1. The summed E-state index contributed by atoms with van der Waals surface area (Å²) in [4.78, 5) is 12.1. The highest BCUT2D eigenvalue weighted by Crippen LogP contribution is 2.35. The third-order valence-electron chi connectivity index (χ3n) is 5.87. The van der Waals surface area contributed by atoms with E-state index in [0.717, 1.165) is 24.2 Å². The molecule has 4 rings (SSSR count). The van der Waals surface area contributed by atoms with Crippen LogP contribution in [-0.2, 0) is 4.79 Å². The monoisotopic (exact) mass is 417 g/mol. The Labute approximate surface area is 184 Å². The minimum absolute atomic E-state index is 0.0418. The molecule has 5 nitrogen and oxygen atoms in total. The maximum atomic E-state index is 12.1. The summed E-state index contributed by atoms with van der Waals surface area (Å²) in [7, 11) is 0. The molecule has 5 heteroatoms. The molecule has 2 aromatic carbocycles. The summed E-state index contributed by atoms with van der Waals surface area (Å²) < 4.78 is 5.69. The van der Waals surface area contributed by atoms with Crippen molar-refractivity contribution in [3.63, 3.8) is 0 Å². The van der Waals surface area contributed by atoms with Crippen LogP contribution in [0.3, 0.4) is 0 Å². The van der Waals surface area contributed by atoms with Gasteiger partial charge in [-0.25, -0.2) is 0 Å². The number of para-hydroxylation sites is 1. The molecule has 31 heavy (non-hydrogen) atoms. The van der Waals surface area contributed by atoms with Crippen LogP contribution in [0.15, 0.2) is 71.3 Å². The van der Waals surface area contributed by atoms with Gasteiger partial charge in [-0.3, -0.25) is 9.80 Å². The van der Waals surface area contributed by atoms with Crippen LogP contribution >= 0.6 is 0 Å². The average Bonchev–Trinajstić information content (AvgIpc) is 3.21. The van der Waals surface area contributed by atoms with E-state index in [0.29, 0.717) is 12.3 Å². The van der Waals surface area contributed by atoms with Crippen LogP contribution in [0.1, 0.15) is 57.1 Å². The van der Waals surface area contributed by atoms with Crippen molar-refractivity contribution in [1.29, 1.82) is 0 Å². The third-order valence-corrected chi connectivity index (χ3v) is 5.87. The summed E-state index contributed by atoms with van der Waals surface area (Å²) in [6, 6.07) is 18.4. The molecule has 1 N–H and O–H groups in total. The van der Waals surface area contributed by atoms with Crippen molar-refractivity contribution in [2.75, 3.05) is 18.2 Å². The fraction of sp³-hybridized carbons (Fsp3) is 0.385. The molecular formula is C26H31N3O2. The minimum Gasteiger partial charge on any atom is -0.484 e. The van der Waals surface area contributed by atoms with Crippen LogP contribution in [0.5, 0.6) is 5.75 Å². The van der Waals surface area contributed by atoms with Gasteiger partial charge in [0.05, 0.1) is 11.7 Å². The van der Waals surface area contributed by atoms with Crippen LogP contribution in [-0.4, -0.2) is 24.8 Å². The van der Waals surface area contributed by atoms with Crippen molar-refractivity contribution in [3.05, 3.63) is 71.8 Å². The second-order valence-electron chi connectivity index (χ2n) is 8.30. The number of hydrogen-bond donors (Lipinski definition) is 1. The van der Waals surface area contributed by atoms with Gasteiger partial charge in [-0.15, -0.1) is 0 Å². The number of anilines is 1. The first-order chi connectivity index (χ1) is 15.2. The Balaban J connectivity index is 1.27. The number of nitrogens with zero attached hydrogens (tertiary/aromatic N) is 2. The van der Waals surface area contributed by atoms with E-state index in [1.54, 1.807) is 0 Å². The first kappa shape index (κ1) is 21.2. The zero-order valence-electron chi connectivity index (χ0n) is 18.2. The Morgan fingerprint density at radius 1 is 1.13 bits per heavy atom. The molecule has 0 saturated heterocycles. The summed E-state index contributed by atoms with van der Waals surface area (Å²) in [6.07, 6.45) is 9.08. The second-order valence-corrected chi connectivity index (χ2v) is 8.30. The summed E-state index contributed by atoms with van der Waals surface area (Å²) in [5.74, 6) is 0.631. The van der Waals surface area contributed by atoms with Gasteiger partial charge in [0.25, 0.3) is 5.91 Å². The lowest BCUT2D eigenvalue weighted by Crippen LogP contribution is -2.30. The lowest BCUT2D eigenvalue weighted by atomic mass is 9.97. The van der Waals surface area contributed by atoms with Crippen molar-refractivity contribution < 1.29 is 9.53 Å². The van der Waals surface area contributed by atoms with Gasteiger partial charge in [0.1, 0.15) is 5.75 Å². The van der Waals surface area contributed by atoms with E-state index in [1.165, 1.54) is 36.8 Å². The van der Waals surface area contributed by atoms with Crippen molar-refractivity contribution in [2.45, 2.75) is 51.5 Å². The van der Waals surface area contributed by atoms with Gasteiger partial charge in [0.15, 0.2) is 6.61 Å². The quantitative estimate of drug-likeness (QED) is 0.585. The van der Waals surface area contributed by atoms with Crippen molar-refractivity contribution >= 4 is 17.3 Å². The number of hydrogen-bond acceptors (Lipinski definition) is 4. The molecule has 2 aliphatic rings. The summed E-state index contributed by atoms with van der Waals surface area (Å²) in [5, 5.41) is 9.76. The van der Waals surface area contributed by atoms with Gasteiger partial charge in [-0.2, -0.15) is 5.10 Å². The molecule has 0 aromatic heterocycles. The summed E-state index contributed by atoms with van der Waals surface area (Å²) in [5.41, 5.74) is 4.86. The van der Waals surface area contributed by atoms with E-state index in [-0.39, 0.29) is 18.6 Å². The predicted octanol–water partition coefficient (Wildman–Crippen LogP) is 5.40. The number of rotatable bonds is 8. The average molecular weight is 418 g/mol. The SMILES string of the molecule is CC1=NN(c2ccccc2)C(c2ccc(OCC(=O)NCCC3=CCCCC3)cc2)C1. The van der Waals surface area contributed by atoms with Gasteiger partial charge < -0.3 is 10.1 Å². The van der Waals surface area contributed by atoms with Gasteiger partial charge in [-0.1, -0.05) is 42.0 Å². The number of amides is 1. The molecule has 1 aliphatic heterocycles. The Morgan fingerprint density at radius 3 is 2.68 bits per heavy atom. The molecule has 1 heterocycles. The third kappa shape index (κ3) is 5.75. The van der Waals surface area contributed by atoms with Gasteiger partial charge in [0, 0.05) is 18.7 Å². The number of benzene rings is 2. The number of ether oxygens (including phenoxy) is 1. The van der Waals surface area contributed by atoms with Crippen LogP contribution in [0.25, 0.3) is 0 Å². The Morgan fingerprint density at radius 2 is 1.94 bits per heavy atom. The predicted molar refractivity (Wildman–Crippen MR) is 126 cm³/mol. The lowest BCUT2D eigenvalue weighted by molar-refractivity contribution is -0.123. The number of carbonyl (C=O) groups excluding carboxylic acids is 1. The number of allylic oxidation sites excluding steroid dienone is 1. The van der Waals surface area contributed by atoms with Gasteiger partial charge in [0.2, 0.25) is 0 Å². The minimum atomic E-state index is -0.0736. The van der Waals surface area contributed by atoms with Crippen molar-refractivity contribution in [2.24, 2.45) is 5.10 Å². The van der Waals surface area contributed by atoms with Gasteiger partial charge >= 0.3 is 0 Å². The molecule has 0 spiro atoms. The second kappa shape index (κ2) is 10.3.